The van der Waals surface area contributed by atoms with Gasteiger partial charge in [-0.05, 0) is 19.4 Å². The van der Waals surface area contributed by atoms with Gasteiger partial charge in [0.1, 0.15) is 60.8 Å². The van der Waals surface area contributed by atoms with Crippen molar-refractivity contribution in [2.45, 2.75) is 67.7 Å². The van der Waals surface area contributed by atoms with E-state index in [1.165, 1.54) is 6.33 Å². The maximum absolute atomic E-state index is 15.7. The number of alkyl halides is 2. The van der Waals surface area contributed by atoms with Crippen molar-refractivity contribution in [3.05, 3.63) is 41.0 Å². The highest BCUT2D eigenvalue weighted by molar-refractivity contribution is 5.65. The number of aliphatic hydroxyl groups is 1. The van der Waals surface area contributed by atoms with Crippen LogP contribution in [0.15, 0.2) is 18.5 Å². The molecule has 226 valence electrons. The molecule has 2 aliphatic carbocycles. The van der Waals surface area contributed by atoms with Crippen LogP contribution in [-0.4, -0.2) is 94.5 Å². The molecule has 0 bridgehead atoms. The number of fused-ring (bicyclic) bond motifs is 3. The molecule has 0 spiro atoms. The van der Waals surface area contributed by atoms with E-state index in [0.29, 0.717) is 23.6 Å². The number of nitrogens with zero attached hydrogens (tertiary/aromatic N) is 4. The molecule has 14 nitrogen and oxygen atoms in total. The SMILES string of the molecule is CC12OC[C@H]3O[C@@H](N)[C@H](F)[C@@H]3CC3(OC[C@H]4O[C@@H](N)[C@H](F)[C@@H]4O)c4nc(N)nc(c43)OC/C=C/CNc3ncnc1c32. The highest BCUT2D eigenvalue weighted by Gasteiger charge is 2.63. The Kier molecular flexibility index (Phi) is 6.58. The maximum atomic E-state index is 15.7. The average molecular weight is 591 g/mol. The quantitative estimate of drug-likeness (QED) is 0.285. The van der Waals surface area contributed by atoms with Crippen LogP contribution in [0.1, 0.15) is 35.9 Å². The van der Waals surface area contributed by atoms with E-state index in [0.717, 1.165) is 11.3 Å². The third-order valence-electron chi connectivity index (χ3n) is 8.64. The van der Waals surface area contributed by atoms with E-state index in [1.807, 2.05) is 13.0 Å². The minimum absolute atomic E-state index is 0.000243. The lowest BCUT2D eigenvalue weighted by Gasteiger charge is -2.27. The van der Waals surface area contributed by atoms with Gasteiger partial charge in [-0.1, -0.05) is 6.08 Å². The largest absolute Gasteiger partial charge is 0.473 e. The predicted octanol–water partition coefficient (Wildman–Crippen LogP) is -0.513. The molecule has 42 heavy (non-hydrogen) atoms. The van der Waals surface area contributed by atoms with Gasteiger partial charge < -0.3 is 51.3 Å². The summed E-state index contributed by atoms with van der Waals surface area (Å²) >= 11 is 0. The van der Waals surface area contributed by atoms with E-state index in [9.17, 15) is 9.50 Å². The third-order valence-corrected chi connectivity index (χ3v) is 8.64. The summed E-state index contributed by atoms with van der Waals surface area (Å²) in [6, 6.07) is 0. The summed E-state index contributed by atoms with van der Waals surface area (Å²) < 4.78 is 59.6. The van der Waals surface area contributed by atoms with Crippen LogP contribution in [0.2, 0.25) is 0 Å². The smallest absolute Gasteiger partial charge is 0.225 e. The van der Waals surface area contributed by atoms with Crippen LogP contribution in [0, 0.1) is 5.92 Å². The third kappa shape index (κ3) is 4.32. The second kappa shape index (κ2) is 9.97. The number of nitrogens with one attached hydrogen (secondary N) is 1. The molecular formula is C26H32F2N8O6. The van der Waals surface area contributed by atoms with Gasteiger partial charge in [-0.25, -0.2) is 23.7 Å². The van der Waals surface area contributed by atoms with Crippen molar-refractivity contribution in [1.29, 1.82) is 0 Å². The van der Waals surface area contributed by atoms with Crippen molar-refractivity contribution in [3.63, 3.8) is 0 Å². The van der Waals surface area contributed by atoms with Crippen LogP contribution in [0.3, 0.4) is 0 Å². The van der Waals surface area contributed by atoms with Gasteiger partial charge in [-0.2, -0.15) is 4.98 Å². The maximum Gasteiger partial charge on any atom is 0.225 e. The average Bonchev–Trinajstić information content (AvgIpc) is 3.72. The van der Waals surface area contributed by atoms with Crippen molar-refractivity contribution >= 4 is 11.8 Å². The van der Waals surface area contributed by atoms with Gasteiger partial charge in [0.05, 0.1) is 41.8 Å². The number of halogens is 2. The van der Waals surface area contributed by atoms with Gasteiger partial charge in [-0.3, -0.25) is 0 Å². The Balaban J connectivity index is 1.21. The number of nitrogen functional groups attached to an aromatic ring is 1. The lowest BCUT2D eigenvalue weighted by atomic mass is 9.90. The van der Waals surface area contributed by atoms with Gasteiger partial charge >= 0.3 is 0 Å². The second-order valence-corrected chi connectivity index (χ2v) is 11.2. The number of hydrogen-bond donors (Lipinski definition) is 5. The molecule has 0 radical (unpaired) electrons. The van der Waals surface area contributed by atoms with Crippen LogP contribution in [0.5, 0.6) is 5.88 Å². The Hall–Kier alpha value is -3.12. The molecule has 7 rings (SSSR count). The molecule has 5 aliphatic rings. The van der Waals surface area contributed by atoms with Crippen molar-refractivity contribution in [2.75, 3.05) is 37.4 Å². The van der Waals surface area contributed by atoms with Crippen molar-refractivity contribution in [2.24, 2.45) is 17.4 Å². The monoisotopic (exact) mass is 590 g/mol. The van der Waals surface area contributed by atoms with Crippen molar-refractivity contribution < 1.29 is 37.6 Å². The van der Waals surface area contributed by atoms with Crippen LogP contribution in [0.4, 0.5) is 20.5 Å². The minimum atomic E-state index is -1.79. The van der Waals surface area contributed by atoms with Gasteiger partial charge in [0.2, 0.25) is 11.8 Å². The number of hydrogen-bond acceptors (Lipinski definition) is 14. The summed E-state index contributed by atoms with van der Waals surface area (Å²) in [4.78, 5) is 17.3. The summed E-state index contributed by atoms with van der Waals surface area (Å²) in [7, 11) is 0. The topological polar surface area (TPSA) is 208 Å². The molecule has 0 aromatic carbocycles. The molecule has 3 aliphatic heterocycles. The lowest BCUT2D eigenvalue weighted by molar-refractivity contribution is -0.0965. The van der Waals surface area contributed by atoms with Crippen LogP contribution in [0.25, 0.3) is 0 Å². The highest BCUT2D eigenvalue weighted by atomic mass is 19.1. The number of ether oxygens (including phenoxy) is 5. The molecule has 2 saturated heterocycles. The van der Waals surface area contributed by atoms with Gasteiger partial charge in [0.15, 0.2) is 6.17 Å². The zero-order valence-corrected chi connectivity index (χ0v) is 22.7. The molecule has 5 heterocycles. The fraction of sp³-hybridized carbons (Fsp3) is 0.615. The summed E-state index contributed by atoms with van der Waals surface area (Å²) in [5, 5.41) is 13.5. The Labute approximate surface area is 238 Å². The molecule has 0 amide bonds. The fourth-order valence-corrected chi connectivity index (χ4v) is 6.23. The normalized spacial score (nSPS) is 41.0. The molecule has 2 unspecified atom stereocenters. The first-order chi connectivity index (χ1) is 20.1. The predicted molar refractivity (Wildman–Crippen MR) is 140 cm³/mol. The summed E-state index contributed by atoms with van der Waals surface area (Å²) in [5.74, 6) is -0.0916. The molecule has 2 aromatic heterocycles. The van der Waals surface area contributed by atoms with Gasteiger partial charge in [-0.15, -0.1) is 0 Å². The zero-order chi connectivity index (χ0) is 29.4. The summed E-state index contributed by atoms with van der Waals surface area (Å²) in [5.41, 5.74) is 17.9. The lowest BCUT2D eigenvalue weighted by Crippen LogP contribution is -2.37. The number of rotatable bonds is 3. The van der Waals surface area contributed by atoms with Gasteiger partial charge in [0, 0.05) is 12.5 Å². The fourth-order valence-electron chi connectivity index (χ4n) is 6.23. The van der Waals surface area contributed by atoms with E-state index in [1.54, 1.807) is 6.08 Å². The Morgan fingerprint density at radius 3 is 2.69 bits per heavy atom. The highest BCUT2D eigenvalue weighted by Crippen LogP contribution is 2.60. The Morgan fingerprint density at radius 1 is 1.10 bits per heavy atom. The summed E-state index contributed by atoms with van der Waals surface area (Å²) in [6.45, 7) is 2.18. The van der Waals surface area contributed by atoms with Gasteiger partial charge in [0.25, 0.3) is 0 Å². The standard InChI is InChI=1S/C26H32F2N8O6/c1-25-13-18(25)33-9-34-22(13)32-4-2-3-5-38-23-14-19(35-24(31)36-23)26(14,40-8-12-17(37)16(28)21(30)42-12)6-10-11(7-39-25)41-20(29)15(10)27/h2-3,9-12,15-17,20-21,37H,4-8,29-30H2,1H3,(H2,31,35,36)(H,32,33,34)/b3-2+/t10-,11-,12-,15-,16-,17-,20-,21-,25?,26?/m1/s1. The first kappa shape index (κ1) is 27.7. The Bertz CT molecular complexity index is 1420. The van der Waals surface area contributed by atoms with E-state index in [4.69, 9.17) is 40.9 Å². The van der Waals surface area contributed by atoms with Crippen molar-refractivity contribution in [1.82, 2.24) is 19.9 Å². The van der Waals surface area contributed by atoms with Crippen LogP contribution in [-0.2, 0) is 30.1 Å². The second-order valence-electron chi connectivity index (χ2n) is 11.2. The first-order valence-corrected chi connectivity index (χ1v) is 13.8. The molecule has 2 aromatic rings. The zero-order valence-electron chi connectivity index (χ0n) is 22.7. The molecule has 0 saturated carbocycles. The summed E-state index contributed by atoms with van der Waals surface area (Å²) in [6.07, 6.45) is -4.12. The molecular weight excluding hydrogens is 558 g/mol. The number of nitrogens with two attached hydrogens (primary N) is 3. The van der Waals surface area contributed by atoms with E-state index in [2.05, 4.69) is 25.3 Å². The van der Waals surface area contributed by atoms with E-state index < -0.39 is 60.2 Å². The number of aromatic nitrogens is 4. The first-order valence-electron chi connectivity index (χ1n) is 13.8. The van der Waals surface area contributed by atoms with E-state index >= 15 is 4.39 Å². The molecule has 2 fully saturated rings. The Morgan fingerprint density at radius 2 is 1.90 bits per heavy atom. The van der Waals surface area contributed by atoms with Crippen molar-refractivity contribution in [3.8, 4) is 5.88 Å². The van der Waals surface area contributed by atoms with E-state index in [-0.39, 0.29) is 38.1 Å². The number of aliphatic hydroxyl groups excluding tert-OH is 1. The van der Waals surface area contributed by atoms with Crippen LogP contribution < -0.4 is 27.3 Å². The molecule has 8 N–H and O–H groups in total. The molecule has 16 heteroatoms. The molecule has 10 atom stereocenters. The minimum Gasteiger partial charge on any atom is -0.473 e. The number of anilines is 2. The van der Waals surface area contributed by atoms with Crippen LogP contribution >= 0.6 is 0 Å².